The molecule has 0 saturated carbocycles. The molecule has 4 nitrogen and oxygen atoms in total. The molecule has 2 aromatic rings. The summed E-state index contributed by atoms with van der Waals surface area (Å²) in [6.45, 7) is 0. The lowest BCUT2D eigenvalue weighted by molar-refractivity contribution is 0.111. The van der Waals surface area contributed by atoms with Crippen molar-refractivity contribution in [3.05, 3.63) is 48.5 Å². The van der Waals surface area contributed by atoms with Crippen LogP contribution in [0.15, 0.2) is 42.7 Å². The summed E-state index contributed by atoms with van der Waals surface area (Å²) in [7, 11) is 0. The molecule has 1 heterocycles. The van der Waals surface area contributed by atoms with Crippen LogP contribution >= 0.6 is 0 Å². The average Bonchev–Trinajstić information content (AvgIpc) is 2.31. The third-order valence-electron chi connectivity index (χ3n) is 1.73. The second kappa shape index (κ2) is 4.32. The number of benzene rings is 1. The van der Waals surface area contributed by atoms with Crippen molar-refractivity contribution in [3.8, 4) is 11.5 Å². The molecule has 1 aromatic heterocycles. The van der Waals surface area contributed by atoms with Crippen LogP contribution in [0.3, 0.4) is 0 Å². The van der Waals surface area contributed by atoms with E-state index < -0.39 is 0 Å². The van der Waals surface area contributed by atoms with Gasteiger partial charge in [-0.2, -0.15) is 0 Å². The van der Waals surface area contributed by atoms with Gasteiger partial charge in [0.15, 0.2) is 17.9 Å². The Kier molecular flexibility index (Phi) is 2.69. The van der Waals surface area contributed by atoms with Gasteiger partial charge in [0.1, 0.15) is 5.75 Å². The Bertz CT molecular complexity index is 440. The lowest BCUT2D eigenvalue weighted by Gasteiger charge is -2.03. The molecule has 0 saturated heterocycles. The molecular formula is C11H8N2O2. The Morgan fingerprint density at radius 3 is 2.27 bits per heavy atom. The predicted molar refractivity (Wildman–Crippen MR) is 53.9 cm³/mol. The van der Waals surface area contributed by atoms with Gasteiger partial charge in [-0.05, 0) is 12.1 Å². The van der Waals surface area contributed by atoms with Gasteiger partial charge < -0.3 is 4.74 Å². The molecule has 0 radical (unpaired) electrons. The van der Waals surface area contributed by atoms with Crippen LogP contribution in [0.2, 0.25) is 0 Å². The zero-order valence-corrected chi connectivity index (χ0v) is 7.83. The highest BCUT2D eigenvalue weighted by Gasteiger charge is 1.98. The van der Waals surface area contributed by atoms with Gasteiger partial charge in [-0.3, -0.25) is 4.79 Å². The Balaban J connectivity index is 2.15. The summed E-state index contributed by atoms with van der Waals surface area (Å²) < 4.78 is 5.44. The van der Waals surface area contributed by atoms with Gasteiger partial charge in [0.25, 0.3) is 0 Å². The SMILES string of the molecule is O=Cc1ncc(Oc2ccccc2)cn1. The predicted octanol–water partition coefficient (Wildman–Crippen LogP) is 2.08. The van der Waals surface area contributed by atoms with Gasteiger partial charge in [-0.15, -0.1) is 0 Å². The van der Waals surface area contributed by atoms with Crippen LogP contribution in [0.4, 0.5) is 0 Å². The summed E-state index contributed by atoms with van der Waals surface area (Å²) in [4.78, 5) is 17.9. The maximum atomic E-state index is 10.3. The van der Waals surface area contributed by atoms with Crippen LogP contribution < -0.4 is 4.74 Å². The molecule has 0 unspecified atom stereocenters. The van der Waals surface area contributed by atoms with E-state index in [4.69, 9.17) is 4.74 Å². The van der Waals surface area contributed by atoms with Gasteiger partial charge in [0.2, 0.25) is 0 Å². The van der Waals surface area contributed by atoms with Crippen LogP contribution in [-0.2, 0) is 0 Å². The van der Waals surface area contributed by atoms with E-state index in [-0.39, 0.29) is 5.82 Å². The third-order valence-corrected chi connectivity index (χ3v) is 1.73. The molecule has 0 aliphatic heterocycles. The van der Waals surface area contributed by atoms with E-state index in [1.807, 2.05) is 30.3 Å². The lowest BCUT2D eigenvalue weighted by Crippen LogP contribution is -1.92. The highest BCUT2D eigenvalue weighted by molar-refractivity contribution is 5.68. The maximum absolute atomic E-state index is 10.3. The molecule has 15 heavy (non-hydrogen) atoms. The molecule has 0 aliphatic carbocycles. The number of aldehydes is 1. The number of rotatable bonds is 3. The Labute approximate surface area is 86.6 Å². The summed E-state index contributed by atoms with van der Waals surface area (Å²) in [5.41, 5.74) is 0. The molecule has 0 aliphatic rings. The lowest BCUT2D eigenvalue weighted by atomic mass is 10.3. The molecule has 0 spiro atoms. The van der Waals surface area contributed by atoms with Crippen molar-refractivity contribution in [1.82, 2.24) is 9.97 Å². The number of para-hydroxylation sites is 1. The van der Waals surface area contributed by atoms with E-state index in [2.05, 4.69) is 9.97 Å². The van der Waals surface area contributed by atoms with Gasteiger partial charge in [-0.25, -0.2) is 9.97 Å². The summed E-state index contributed by atoms with van der Waals surface area (Å²) in [5.74, 6) is 1.36. The van der Waals surface area contributed by atoms with Crippen molar-refractivity contribution in [2.75, 3.05) is 0 Å². The van der Waals surface area contributed by atoms with Gasteiger partial charge in [0.05, 0.1) is 12.4 Å². The minimum Gasteiger partial charge on any atom is -0.454 e. The number of carbonyl (C=O) groups excluding carboxylic acids is 1. The Morgan fingerprint density at radius 2 is 1.67 bits per heavy atom. The van der Waals surface area contributed by atoms with Gasteiger partial charge in [0, 0.05) is 0 Å². The minimum atomic E-state index is 0.149. The number of hydrogen-bond donors (Lipinski definition) is 0. The number of aromatic nitrogens is 2. The van der Waals surface area contributed by atoms with Gasteiger partial charge in [-0.1, -0.05) is 18.2 Å². The topological polar surface area (TPSA) is 52.1 Å². The standard InChI is InChI=1S/C11H8N2O2/c14-8-11-12-6-10(7-13-11)15-9-4-2-1-3-5-9/h1-8H. The zero-order chi connectivity index (χ0) is 10.5. The fourth-order valence-corrected chi connectivity index (χ4v) is 1.06. The van der Waals surface area contributed by atoms with Crippen molar-refractivity contribution in [2.24, 2.45) is 0 Å². The second-order valence-electron chi connectivity index (χ2n) is 2.81. The van der Waals surface area contributed by atoms with E-state index in [9.17, 15) is 4.79 Å². The third kappa shape index (κ3) is 2.37. The van der Waals surface area contributed by atoms with Crippen LogP contribution in [0.5, 0.6) is 11.5 Å². The largest absolute Gasteiger partial charge is 0.454 e. The smallest absolute Gasteiger partial charge is 0.192 e. The average molecular weight is 200 g/mol. The van der Waals surface area contributed by atoms with E-state index in [0.29, 0.717) is 17.8 Å². The Hall–Kier alpha value is -2.23. The van der Waals surface area contributed by atoms with Crippen molar-refractivity contribution >= 4 is 6.29 Å². The summed E-state index contributed by atoms with van der Waals surface area (Å²) in [5, 5.41) is 0. The molecule has 2 rings (SSSR count). The van der Waals surface area contributed by atoms with Crippen molar-refractivity contribution in [1.29, 1.82) is 0 Å². The number of hydrogen-bond acceptors (Lipinski definition) is 4. The van der Waals surface area contributed by atoms with Crippen LogP contribution in [0.25, 0.3) is 0 Å². The summed E-state index contributed by atoms with van der Waals surface area (Å²) in [6, 6.07) is 9.30. The molecular weight excluding hydrogens is 192 g/mol. The molecule has 0 N–H and O–H groups in total. The fraction of sp³-hybridized carbons (Fsp3) is 0. The van der Waals surface area contributed by atoms with E-state index in [0.717, 1.165) is 0 Å². The quantitative estimate of drug-likeness (QED) is 0.712. The second-order valence-corrected chi connectivity index (χ2v) is 2.81. The fourth-order valence-electron chi connectivity index (χ4n) is 1.06. The van der Waals surface area contributed by atoms with E-state index in [1.165, 1.54) is 12.4 Å². The molecule has 0 amide bonds. The van der Waals surface area contributed by atoms with Crippen LogP contribution in [0.1, 0.15) is 10.6 Å². The van der Waals surface area contributed by atoms with Crippen molar-refractivity contribution in [3.63, 3.8) is 0 Å². The highest BCUT2D eigenvalue weighted by Crippen LogP contribution is 2.18. The summed E-state index contributed by atoms with van der Waals surface area (Å²) in [6.07, 6.45) is 3.51. The van der Waals surface area contributed by atoms with Crippen LogP contribution in [-0.4, -0.2) is 16.3 Å². The number of nitrogens with zero attached hydrogens (tertiary/aromatic N) is 2. The molecule has 74 valence electrons. The normalized spacial score (nSPS) is 9.60. The monoisotopic (exact) mass is 200 g/mol. The van der Waals surface area contributed by atoms with E-state index in [1.54, 1.807) is 0 Å². The molecule has 1 aromatic carbocycles. The maximum Gasteiger partial charge on any atom is 0.192 e. The number of ether oxygens (including phenoxy) is 1. The van der Waals surface area contributed by atoms with E-state index >= 15 is 0 Å². The molecule has 0 fully saturated rings. The van der Waals surface area contributed by atoms with Crippen LogP contribution in [0, 0.1) is 0 Å². The first-order valence-electron chi connectivity index (χ1n) is 4.38. The Morgan fingerprint density at radius 1 is 1.00 bits per heavy atom. The first kappa shape index (κ1) is 9.33. The van der Waals surface area contributed by atoms with Gasteiger partial charge >= 0.3 is 0 Å². The van der Waals surface area contributed by atoms with Crippen molar-refractivity contribution in [2.45, 2.75) is 0 Å². The highest BCUT2D eigenvalue weighted by atomic mass is 16.5. The van der Waals surface area contributed by atoms with Crippen molar-refractivity contribution < 1.29 is 9.53 Å². The molecule has 0 atom stereocenters. The molecule has 4 heteroatoms. The minimum absolute atomic E-state index is 0.149. The first-order chi connectivity index (χ1) is 7.38. The zero-order valence-electron chi connectivity index (χ0n) is 7.83. The molecule has 0 bridgehead atoms. The summed E-state index contributed by atoms with van der Waals surface area (Å²) >= 11 is 0. The number of carbonyl (C=O) groups is 1. The first-order valence-corrected chi connectivity index (χ1v) is 4.38.